The number of hydrogen-bond acceptors (Lipinski definition) is 1. The standard InChI is InChI=1S/C3H9OSi.CH3.Sn/c1-2-3-4-5;;/h2-3,5H2,1H3;1H3;. The molecule has 0 amide bonds. The van der Waals surface area contributed by atoms with Gasteiger partial charge in [0.15, 0.2) is 0 Å². The zero-order chi connectivity index (χ0) is 5.54. The first-order valence-electron chi connectivity index (χ1n) is 2.64. The van der Waals surface area contributed by atoms with Gasteiger partial charge in [0.2, 0.25) is 0 Å². The van der Waals surface area contributed by atoms with Crippen molar-refractivity contribution >= 4 is 27.6 Å². The monoisotopic (exact) mass is 224 g/mol. The van der Waals surface area contributed by atoms with E-state index >= 15 is 0 Å². The van der Waals surface area contributed by atoms with E-state index in [-0.39, 0.29) is 27.6 Å². The van der Waals surface area contributed by atoms with Gasteiger partial charge in [0.05, 0.1) is 0 Å². The van der Waals surface area contributed by atoms with Gasteiger partial charge < -0.3 is 0 Å². The zero-order valence-electron chi connectivity index (χ0n) is 5.03. The van der Waals surface area contributed by atoms with Crippen LogP contribution in [0, 0.1) is 0 Å². The molecule has 0 aromatic rings. The molecule has 0 saturated carbocycles. The van der Waals surface area contributed by atoms with Gasteiger partial charge in [-0.15, -0.1) is 0 Å². The summed E-state index contributed by atoms with van der Waals surface area (Å²) in [7, 11) is 0.0807. The molecule has 0 aliphatic heterocycles. The maximum atomic E-state index is 5.35. The zero-order valence-corrected chi connectivity index (χ0v) is 9.30. The molecule has 0 spiro atoms. The molecule has 0 N–H and O–H groups in total. The van der Waals surface area contributed by atoms with E-state index in [9.17, 15) is 0 Å². The molecule has 0 bridgehead atoms. The summed E-state index contributed by atoms with van der Waals surface area (Å²) in [5.74, 6) is 0. The van der Waals surface area contributed by atoms with Gasteiger partial charge in [0.1, 0.15) is 0 Å². The van der Waals surface area contributed by atoms with Crippen molar-refractivity contribution < 1.29 is 4.43 Å². The van der Waals surface area contributed by atoms with E-state index in [2.05, 4.69) is 11.9 Å². The summed E-state index contributed by atoms with van der Waals surface area (Å²) >= 11 is 0.0936. The second-order valence-electron chi connectivity index (χ2n) is 1.41. The van der Waals surface area contributed by atoms with Crippen LogP contribution in [0.4, 0.5) is 0 Å². The summed E-state index contributed by atoms with van der Waals surface area (Å²) in [4.78, 5) is 2.35. The first-order valence-corrected chi connectivity index (χ1v) is 12.8. The summed E-state index contributed by atoms with van der Waals surface area (Å²) in [6, 6.07) is 0. The van der Waals surface area contributed by atoms with Crippen LogP contribution in [0.5, 0.6) is 0 Å². The summed E-state index contributed by atoms with van der Waals surface area (Å²) in [6.07, 6.45) is 1.20. The van der Waals surface area contributed by atoms with Crippen LogP contribution < -0.4 is 0 Å². The fraction of sp³-hybridized carbons (Fsp3) is 1.00. The first-order chi connectivity index (χ1) is 3.41. The average molecular weight is 223 g/mol. The van der Waals surface area contributed by atoms with Gasteiger partial charge in [-0.25, -0.2) is 0 Å². The molecule has 0 rings (SSSR count). The van der Waals surface area contributed by atoms with E-state index in [1.807, 2.05) is 0 Å². The Morgan fingerprint density at radius 2 is 2.43 bits per heavy atom. The molecule has 42 valence electrons. The Morgan fingerprint density at radius 1 is 1.71 bits per heavy atom. The van der Waals surface area contributed by atoms with E-state index in [4.69, 9.17) is 4.43 Å². The van der Waals surface area contributed by atoms with Crippen molar-refractivity contribution in [1.82, 2.24) is 0 Å². The van der Waals surface area contributed by atoms with Crippen molar-refractivity contribution in [2.45, 2.75) is 18.3 Å². The molecule has 3 heteroatoms. The fourth-order valence-electron chi connectivity index (χ4n) is 0.319. The molecule has 2 radical (unpaired) electrons. The minimum atomic E-state index is 0.0807. The second kappa shape index (κ2) is 6.98. The molecule has 0 aliphatic carbocycles. The quantitative estimate of drug-likeness (QED) is 0.487. The van der Waals surface area contributed by atoms with Crippen LogP contribution in [0.1, 0.15) is 13.3 Å². The Labute approximate surface area is 57.1 Å². The van der Waals surface area contributed by atoms with Crippen LogP contribution in [-0.4, -0.2) is 34.2 Å². The van der Waals surface area contributed by atoms with Crippen molar-refractivity contribution in [1.29, 1.82) is 0 Å². The third kappa shape index (κ3) is 6.98. The minimum absolute atomic E-state index is 0.0807. The van der Waals surface area contributed by atoms with E-state index < -0.39 is 0 Å². The normalized spacial score (nSPS) is 11.1. The molecule has 0 atom stereocenters. The Balaban J connectivity index is 2.45. The van der Waals surface area contributed by atoms with E-state index in [0.29, 0.717) is 0 Å². The summed E-state index contributed by atoms with van der Waals surface area (Å²) in [5, 5.41) is 0. The first kappa shape index (κ1) is 7.98. The van der Waals surface area contributed by atoms with Crippen LogP contribution in [0.15, 0.2) is 0 Å². The van der Waals surface area contributed by atoms with Gasteiger partial charge in [0, 0.05) is 0 Å². The van der Waals surface area contributed by atoms with E-state index in [1.54, 1.807) is 0 Å². The predicted octanol–water partition coefficient (Wildman–Crippen LogP) is 0.164. The third-order valence-corrected chi connectivity index (χ3v) is 5.60. The van der Waals surface area contributed by atoms with Crippen molar-refractivity contribution in [2.24, 2.45) is 0 Å². The second-order valence-corrected chi connectivity index (χ2v) is 11.3. The summed E-state index contributed by atoms with van der Waals surface area (Å²) < 4.78 is 5.35. The van der Waals surface area contributed by atoms with E-state index in [1.165, 1.54) is 6.42 Å². The molecule has 0 aliphatic rings. The molecule has 7 heavy (non-hydrogen) atoms. The van der Waals surface area contributed by atoms with Gasteiger partial charge in [-0.1, -0.05) is 0 Å². The maximum absolute atomic E-state index is 5.35. The van der Waals surface area contributed by atoms with Crippen molar-refractivity contribution in [3.8, 4) is 0 Å². The number of hydrogen-bond donors (Lipinski definition) is 0. The van der Waals surface area contributed by atoms with Gasteiger partial charge in [0.25, 0.3) is 0 Å². The molecule has 0 unspecified atom stereocenters. The van der Waals surface area contributed by atoms with Crippen LogP contribution in [0.3, 0.4) is 0 Å². The molecular weight excluding hydrogens is 211 g/mol. The number of rotatable bonds is 4. The van der Waals surface area contributed by atoms with Crippen LogP contribution in [-0.2, 0) is 4.43 Å². The molecule has 0 heterocycles. The fourth-order valence-corrected chi connectivity index (χ4v) is 3.94. The van der Waals surface area contributed by atoms with Gasteiger partial charge in [-0.3, -0.25) is 0 Å². The van der Waals surface area contributed by atoms with Crippen LogP contribution in [0.25, 0.3) is 0 Å². The average Bonchev–Trinajstić information content (AvgIpc) is 1.69. The van der Waals surface area contributed by atoms with Crippen molar-refractivity contribution in [3.05, 3.63) is 0 Å². The SMILES string of the molecule is CCCO[SiH2][Sn][CH3]. The molecule has 0 aromatic heterocycles. The molecule has 0 fully saturated rings. The predicted molar refractivity (Wildman–Crippen MR) is 36.4 cm³/mol. The van der Waals surface area contributed by atoms with E-state index in [0.717, 1.165) is 6.61 Å². The Morgan fingerprint density at radius 3 is 2.86 bits per heavy atom. The van der Waals surface area contributed by atoms with Crippen molar-refractivity contribution in [2.75, 3.05) is 6.61 Å². The summed E-state index contributed by atoms with van der Waals surface area (Å²) in [6.45, 7) is 3.19. The molecular formula is C4H12OSiSn. The Bertz CT molecular complexity index is 30.9. The van der Waals surface area contributed by atoms with Crippen LogP contribution in [0.2, 0.25) is 4.94 Å². The van der Waals surface area contributed by atoms with Crippen molar-refractivity contribution in [3.63, 3.8) is 0 Å². The Kier molecular flexibility index (Phi) is 7.95. The molecule has 1 nitrogen and oxygen atoms in total. The van der Waals surface area contributed by atoms with Gasteiger partial charge >= 0.3 is 56.9 Å². The molecule has 0 saturated heterocycles. The summed E-state index contributed by atoms with van der Waals surface area (Å²) in [5.41, 5.74) is 0. The van der Waals surface area contributed by atoms with Crippen LogP contribution >= 0.6 is 0 Å². The Hall–Kier alpha value is 0.976. The van der Waals surface area contributed by atoms with Gasteiger partial charge in [-0.2, -0.15) is 0 Å². The molecule has 0 aromatic carbocycles. The van der Waals surface area contributed by atoms with Gasteiger partial charge in [-0.05, 0) is 0 Å². The topological polar surface area (TPSA) is 9.23 Å². The third-order valence-electron chi connectivity index (χ3n) is 0.595.